The second-order valence-electron chi connectivity index (χ2n) is 4.47. The lowest BCUT2D eigenvalue weighted by molar-refractivity contribution is 0.395. The van der Waals surface area contributed by atoms with E-state index in [1.807, 2.05) is 11.8 Å². The molecule has 2 unspecified atom stereocenters. The number of halogens is 1. The molecule has 0 aliphatic carbocycles. The molecule has 1 aromatic rings. The van der Waals surface area contributed by atoms with Crippen molar-refractivity contribution in [3.63, 3.8) is 0 Å². The van der Waals surface area contributed by atoms with Gasteiger partial charge in [-0.05, 0) is 43.3 Å². The Morgan fingerprint density at radius 1 is 1.56 bits per heavy atom. The minimum Gasteiger partial charge on any atom is -0.496 e. The Morgan fingerprint density at radius 2 is 2.39 bits per heavy atom. The van der Waals surface area contributed by atoms with Crippen LogP contribution in [0.15, 0.2) is 18.2 Å². The third-order valence-electron chi connectivity index (χ3n) is 3.29. The molecule has 1 fully saturated rings. The molecule has 0 saturated carbocycles. The lowest BCUT2D eigenvalue weighted by Crippen LogP contribution is -2.29. The number of thioether (sulfide) groups is 1. The largest absolute Gasteiger partial charge is 0.496 e. The number of hydrogen-bond acceptors (Lipinski definition) is 3. The minimum absolute atomic E-state index is 0.174. The molecule has 1 saturated heterocycles. The average Bonchev–Trinajstić information content (AvgIpc) is 2.89. The first-order chi connectivity index (χ1) is 8.76. The summed E-state index contributed by atoms with van der Waals surface area (Å²) in [7, 11) is 1.64. The summed E-state index contributed by atoms with van der Waals surface area (Å²) in [5.74, 6) is 1.77. The van der Waals surface area contributed by atoms with Crippen LogP contribution in [0.5, 0.6) is 5.75 Å². The maximum atomic E-state index is 13.5. The van der Waals surface area contributed by atoms with Gasteiger partial charge in [-0.25, -0.2) is 4.39 Å². The van der Waals surface area contributed by atoms with Gasteiger partial charge in [0.1, 0.15) is 11.6 Å². The number of rotatable bonds is 5. The molecule has 2 nitrogen and oxygen atoms in total. The number of methoxy groups -OCH3 is 1. The molecule has 2 rings (SSSR count). The smallest absolute Gasteiger partial charge is 0.123 e. The fraction of sp³-hybridized carbons (Fsp3) is 0.571. The maximum Gasteiger partial charge on any atom is 0.123 e. The molecule has 2 atom stereocenters. The first kappa shape index (κ1) is 13.7. The summed E-state index contributed by atoms with van der Waals surface area (Å²) in [4.78, 5) is 0. The Morgan fingerprint density at radius 3 is 3.00 bits per heavy atom. The van der Waals surface area contributed by atoms with Gasteiger partial charge in [-0.15, -0.1) is 0 Å². The second-order valence-corrected chi connectivity index (χ2v) is 5.82. The summed E-state index contributed by atoms with van der Waals surface area (Å²) < 4.78 is 18.9. The van der Waals surface area contributed by atoms with Crippen molar-refractivity contribution in [3.8, 4) is 5.75 Å². The van der Waals surface area contributed by atoms with E-state index in [1.54, 1.807) is 19.2 Å². The highest BCUT2D eigenvalue weighted by Crippen LogP contribution is 2.39. The van der Waals surface area contributed by atoms with Gasteiger partial charge in [0.15, 0.2) is 0 Å². The van der Waals surface area contributed by atoms with E-state index in [-0.39, 0.29) is 11.9 Å². The molecule has 1 aliphatic rings. The number of benzene rings is 1. The van der Waals surface area contributed by atoms with Crippen molar-refractivity contribution in [2.45, 2.75) is 31.1 Å². The monoisotopic (exact) mass is 269 g/mol. The van der Waals surface area contributed by atoms with Crippen LogP contribution in [-0.4, -0.2) is 24.7 Å². The molecule has 1 N–H and O–H groups in total. The van der Waals surface area contributed by atoms with E-state index in [0.717, 1.165) is 17.9 Å². The topological polar surface area (TPSA) is 21.3 Å². The fourth-order valence-corrected chi connectivity index (χ4v) is 3.88. The molecule has 0 bridgehead atoms. The van der Waals surface area contributed by atoms with Crippen LogP contribution in [0.3, 0.4) is 0 Å². The Kier molecular flexibility index (Phi) is 4.89. The maximum absolute atomic E-state index is 13.5. The summed E-state index contributed by atoms with van der Waals surface area (Å²) in [5, 5.41) is 3.99. The van der Waals surface area contributed by atoms with Gasteiger partial charge in [0.25, 0.3) is 0 Å². The van der Waals surface area contributed by atoms with Crippen molar-refractivity contribution in [1.29, 1.82) is 0 Å². The highest BCUT2D eigenvalue weighted by atomic mass is 32.2. The molecule has 1 aliphatic heterocycles. The normalized spacial score (nSPS) is 20.9. The molecule has 0 amide bonds. The number of nitrogens with one attached hydrogen (secondary N) is 1. The van der Waals surface area contributed by atoms with Crippen molar-refractivity contribution < 1.29 is 9.13 Å². The zero-order chi connectivity index (χ0) is 13.0. The lowest BCUT2D eigenvalue weighted by atomic mass is 9.99. The SMILES string of the molecule is CCNC(c1cc(F)ccc1OC)C1CCCS1. The van der Waals surface area contributed by atoms with Crippen LogP contribution in [0.1, 0.15) is 31.4 Å². The first-order valence-corrected chi connectivity index (χ1v) is 7.49. The molecule has 100 valence electrons. The van der Waals surface area contributed by atoms with Crippen molar-refractivity contribution in [2.24, 2.45) is 0 Å². The van der Waals surface area contributed by atoms with E-state index in [9.17, 15) is 4.39 Å². The molecule has 1 aromatic carbocycles. The first-order valence-electron chi connectivity index (χ1n) is 6.44. The van der Waals surface area contributed by atoms with Crippen LogP contribution in [0.4, 0.5) is 4.39 Å². The summed E-state index contributed by atoms with van der Waals surface area (Å²) in [6.45, 7) is 2.96. The molecule has 0 aromatic heterocycles. The minimum atomic E-state index is -0.197. The van der Waals surface area contributed by atoms with Crippen LogP contribution in [0.2, 0.25) is 0 Å². The van der Waals surface area contributed by atoms with Crippen LogP contribution < -0.4 is 10.1 Å². The van der Waals surface area contributed by atoms with Crippen molar-refractivity contribution in [1.82, 2.24) is 5.32 Å². The van der Waals surface area contributed by atoms with Crippen LogP contribution in [0.25, 0.3) is 0 Å². The molecule has 0 spiro atoms. The Hall–Kier alpha value is -0.740. The van der Waals surface area contributed by atoms with Gasteiger partial charge in [-0.1, -0.05) is 6.92 Å². The van der Waals surface area contributed by atoms with Gasteiger partial charge < -0.3 is 10.1 Å². The predicted molar refractivity (Wildman–Crippen MR) is 74.8 cm³/mol. The zero-order valence-electron chi connectivity index (χ0n) is 10.9. The van der Waals surface area contributed by atoms with E-state index < -0.39 is 0 Å². The number of ether oxygens (including phenoxy) is 1. The van der Waals surface area contributed by atoms with Gasteiger partial charge in [0, 0.05) is 16.9 Å². The van der Waals surface area contributed by atoms with E-state index >= 15 is 0 Å². The number of hydrogen-bond donors (Lipinski definition) is 1. The lowest BCUT2D eigenvalue weighted by Gasteiger charge is -2.25. The Balaban J connectivity index is 2.31. The highest BCUT2D eigenvalue weighted by molar-refractivity contribution is 8.00. The van der Waals surface area contributed by atoms with Crippen molar-refractivity contribution >= 4 is 11.8 Å². The molecular formula is C14H20FNOS. The standard InChI is InChI=1S/C14H20FNOS/c1-3-16-14(13-5-4-8-18-13)11-9-10(15)6-7-12(11)17-2/h6-7,9,13-14,16H,3-5,8H2,1-2H3. The van der Waals surface area contributed by atoms with E-state index in [1.165, 1.54) is 24.7 Å². The van der Waals surface area contributed by atoms with Gasteiger partial charge >= 0.3 is 0 Å². The van der Waals surface area contributed by atoms with Gasteiger partial charge in [-0.2, -0.15) is 11.8 Å². The summed E-state index contributed by atoms with van der Waals surface area (Å²) in [5.41, 5.74) is 0.943. The van der Waals surface area contributed by atoms with Crippen molar-refractivity contribution in [3.05, 3.63) is 29.6 Å². The summed E-state index contributed by atoms with van der Waals surface area (Å²) in [6.07, 6.45) is 2.43. The van der Waals surface area contributed by atoms with E-state index in [2.05, 4.69) is 12.2 Å². The second kappa shape index (κ2) is 6.43. The average molecular weight is 269 g/mol. The van der Waals surface area contributed by atoms with Crippen LogP contribution in [-0.2, 0) is 0 Å². The third-order valence-corrected chi connectivity index (χ3v) is 4.75. The fourth-order valence-electron chi connectivity index (χ4n) is 2.48. The quantitative estimate of drug-likeness (QED) is 0.885. The summed E-state index contributed by atoms with van der Waals surface area (Å²) >= 11 is 1.97. The Bertz CT molecular complexity index is 393. The highest BCUT2D eigenvalue weighted by Gasteiger charge is 2.28. The van der Waals surface area contributed by atoms with Crippen LogP contribution >= 0.6 is 11.8 Å². The van der Waals surface area contributed by atoms with Gasteiger partial charge in [0.2, 0.25) is 0 Å². The molecular weight excluding hydrogens is 249 g/mol. The Labute approximate surface area is 112 Å². The van der Waals surface area contributed by atoms with Crippen LogP contribution in [0, 0.1) is 5.82 Å². The zero-order valence-corrected chi connectivity index (χ0v) is 11.7. The van der Waals surface area contributed by atoms with Gasteiger partial charge in [-0.3, -0.25) is 0 Å². The van der Waals surface area contributed by atoms with E-state index in [0.29, 0.717) is 5.25 Å². The molecule has 4 heteroatoms. The molecule has 0 radical (unpaired) electrons. The molecule has 1 heterocycles. The summed E-state index contributed by atoms with van der Waals surface area (Å²) in [6, 6.07) is 4.94. The van der Waals surface area contributed by atoms with E-state index in [4.69, 9.17) is 4.74 Å². The van der Waals surface area contributed by atoms with Crippen molar-refractivity contribution in [2.75, 3.05) is 19.4 Å². The van der Waals surface area contributed by atoms with Gasteiger partial charge in [0.05, 0.1) is 7.11 Å². The molecule has 18 heavy (non-hydrogen) atoms. The third kappa shape index (κ3) is 2.98. The predicted octanol–water partition coefficient (Wildman–Crippen LogP) is 3.38.